The second-order valence-corrected chi connectivity index (χ2v) is 8.92. The normalized spacial score (nSPS) is 12.5. The highest BCUT2D eigenvalue weighted by Gasteiger charge is 2.34. The van der Waals surface area contributed by atoms with Crippen LogP contribution in [0.5, 0.6) is 0 Å². The van der Waals surface area contributed by atoms with Crippen molar-refractivity contribution in [3.05, 3.63) is 71.3 Å². The highest BCUT2D eigenvalue weighted by molar-refractivity contribution is 7.80. The molecule has 0 saturated heterocycles. The maximum Gasteiger partial charge on any atom is 0.245 e. The van der Waals surface area contributed by atoms with Gasteiger partial charge in [0.2, 0.25) is 9.70 Å². The Hall–Kier alpha value is -1.79. The molecule has 0 heterocycles. The molecule has 0 aliphatic rings. The molecule has 8 heteroatoms. The molecule has 1 unspecified atom stereocenters. The molecule has 0 fully saturated rings. The Morgan fingerprint density at radius 1 is 1.07 bits per heavy atom. The molecule has 1 amide bonds. The second kappa shape index (κ2) is 10.1. The molecule has 0 spiro atoms. The van der Waals surface area contributed by atoms with Crippen LogP contribution in [0, 0.1) is 13.8 Å². The van der Waals surface area contributed by atoms with Crippen molar-refractivity contribution in [3.8, 4) is 0 Å². The van der Waals surface area contributed by atoms with Crippen LogP contribution in [-0.4, -0.2) is 21.0 Å². The number of rotatable bonds is 5. The average molecular weight is 457 g/mol. The van der Waals surface area contributed by atoms with Crippen molar-refractivity contribution in [2.75, 3.05) is 5.32 Å². The van der Waals surface area contributed by atoms with Gasteiger partial charge < -0.3 is 16.0 Å². The molecule has 0 aliphatic carbocycles. The number of anilines is 1. The largest absolute Gasteiger partial charge is 0.339 e. The van der Waals surface area contributed by atoms with Crippen LogP contribution < -0.4 is 16.0 Å². The van der Waals surface area contributed by atoms with Gasteiger partial charge in [-0.2, -0.15) is 0 Å². The average Bonchev–Trinajstić information content (AvgIpc) is 2.62. The highest BCUT2D eigenvalue weighted by atomic mass is 35.6. The molecular formula is C20H20Cl3N3OS. The SMILES string of the molecule is Cc1ccc(NC(=S)NC(NC(=O)/C=C/c2ccccc2)C(Cl)(Cl)Cl)c(C)c1. The fourth-order valence-corrected chi connectivity index (χ4v) is 2.92. The molecule has 2 aromatic rings. The van der Waals surface area contributed by atoms with Crippen LogP contribution in [-0.2, 0) is 4.79 Å². The molecular weight excluding hydrogens is 437 g/mol. The van der Waals surface area contributed by atoms with Gasteiger partial charge in [-0.05, 0) is 49.3 Å². The van der Waals surface area contributed by atoms with Gasteiger partial charge in [0, 0.05) is 11.8 Å². The third-order valence-corrected chi connectivity index (χ3v) is 4.62. The van der Waals surface area contributed by atoms with Gasteiger partial charge in [-0.25, -0.2) is 0 Å². The van der Waals surface area contributed by atoms with E-state index in [9.17, 15) is 4.79 Å². The number of carbonyl (C=O) groups excluding carboxylic acids is 1. The van der Waals surface area contributed by atoms with Crippen molar-refractivity contribution >= 4 is 69.8 Å². The first-order valence-corrected chi connectivity index (χ1v) is 9.94. The number of aryl methyl sites for hydroxylation is 2. The minimum absolute atomic E-state index is 0.218. The quantitative estimate of drug-likeness (QED) is 0.253. The molecule has 1 atom stereocenters. The zero-order valence-corrected chi connectivity index (χ0v) is 18.4. The van der Waals surface area contributed by atoms with Crippen molar-refractivity contribution in [3.63, 3.8) is 0 Å². The lowest BCUT2D eigenvalue weighted by Gasteiger charge is -2.27. The topological polar surface area (TPSA) is 53.2 Å². The molecule has 148 valence electrons. The number of alkyl halides is 3. The Labute approximate surface area is 185 Å². The van der Waals surface area contributed by atoms with Crippen LogP contribution in [0.15, 0.2) is 54.6 Å². The molecule has 0 bridgehead atoms. The Kier molecular flexibility index (Phi) is 8.13. The van der Waals surface area contributed by atoms with Crippen LogP contribution in [0.25, 0.3) is 6.08 Å². The first kappa shape index (κ1) is 22.5. The smallest absolute Gasteiger partial charge is 0.245 e. The molecule has 4 nitrogen and oxygen atoms in total. The lowest BCUT2D eigenvalue weighted by Crippen LogP contribution is -2.55. The van der Waals surface area contributed by atoms with Gasteiger partial charge in [-0.3, -0.25) is 4.79 Å². The van der Waals surface area contributed by atoms with E-state index in [1.807, 2.05) is 62.4 Å². The summed E-state index contributed by atoms with van der Waals surface area (Å²) in [6.07, 6.45) is 1.99. The summed E-state index contributed by atoms with van der Waals surface area (Å²) in [6, 6.07) is 15.3. The van der Waals surface area contributed by atoms with Crippen molar-refractivity contribution in [1.29, 1.82) is 0 Å². The Morgan fingerprint density at radius 2 is 1.75 bits per heavy atom. The zero-order valence-electron chi connectivity index (χ0n) is 15.3. The van der Waals surface area contributed by atoms with Gasteiger partial charge in [-0.1, -0.05) is 82.8 Å². The van der Waals surface area contributed by atoms with Gasteiger partial charge in [0.1, 0.15) is 6.17 Å². The van der Waals surface area contributed by atoms with Gasteiger partial charge in [0.15, 0.2) is 5.11 Å². The molecule has 0 aromatic heterocycles. The lowest BCUT2D eigenvalue weighted by molar-refractivity contribution is -0.117. The number of halogens is 3. The maximum absolute atomic E-state index is 12.2. The van der Waals surface area contributed by atoms with E-state index in [0.29, 0.717) is 0 Å². The van der Waals surface area contributed by atoms with E-state index in [1.54, 1.807) is 6.08 Å². The summed E-state index contributed by atoms with van der Waals surface area (Å²) in [5.74, 6) is -0.429. The summed E-state index contributed by atoms with van der Waals surface area (Å²) in [5.41, 5.74) is 3.85. The zero-order chi connectivity index (χ0) is 20.7. The van der Waals surface area contributed by atoms with Crippen LogP contribution in [0.1, 0.15) is 16.7 Å². The number of benzene rings is 2. The van der Waals surface area contributed by atoms with Gasteiger partial charge >= 0.3 is 0 Å². The van der Waals surface area contributed by atoms with Crippen LogP contribution in [0.2, 0.25) is 0 Å². The van der Waals surface area contributed by atoms with E-state index in [-0.39, 0.29) is 5.11 Å². The summed E-state index contributed by atoms with van der Waals surface area (Å²) >= 11 is 23.3. The number of hydrogen-bond donors (Lipinski definition) is 3. The number of carbonyl (C=O) groups is 1. The van der Waals surface area contributed by atoms with Gasteiger partial charge in [0.05, 0.1) is 0 Å². The minimum Gasteiger partial charge on any atom is -0.339 e. The number of amides is 1. The monoisotopic (exact) mass is 455 g/mol. The highest BCUT2D eigenvalue weighted by Crippen LogP contribution is 2.29. The third-order valence-electron chi connectivity index (χ3n) is 3.75. The third kappa shape index (κ3) is 7.32. The van der Waals surface area contributed by atoms with Crippen molar-refractivity contribution in [2.45, 2.75) is 23.8 Å². The van der Waals surface area contributed by atoms with Crippen molar-refractivity contribution < 1.29 is 4.79 Å². The van der Waals surface area contributed by atoms with Crippen LogP contribution >= 0.6 is 47.0 Å². The van der Waals surface area contributed by atoms with E-state index < -0.39 is 15.9 Å². The lowest BCUT2D eigenvalue weighted by atomic mass is 10.1. The summed E-state index contributed by atoms with van der Waals surface area (Å²) < 4.78 is -1.82. The number of hydrogen-bond acceptors (Lipinski definition) is 2. The fraction of sp³-hybridized carbons (Fsp3) is 0.200. The predicted molar refractivity (Wildman–Crippen MR) is 123 cm³/mol. The molecule has 2 aromatic carbocycles. The van der Waals surface area contributed by atoms with Crippen molar-refractivity contribution in [1.82, 2.24) is 10.6 Å². The van der Waals surface area contributed by atoms with Gasteiger partial charge in [0.25, 0.3) is 0 Å². The summed E-state index contributed by atoms with van der Waals surface area (Å²) in [5, 5.41) is 8.71. The van der Waals surface area contributed by atoms with E-state index >= 15 is 0 Å². The molecule has 0 aliphatic heterocycles. The standard InChI is InChI=1S/C20H20Cl3N3OS/c1-13-8-10-16(14(2)12-13)24-19(28)26-18(20(21,22)23)25-17(27)11-9-15-6-4-3-5-7-15/h3-12,18H,1-2H3,(H,25,27)(H2,24,26,28)/b11-9+. The minimum atomic E-state index is -1.82. The van der Waals surface area contributed by atoms with Gasteiger partial charge in [-0.15, -0.1) is 0 Å². The number of nitrogens with one attached hydrogen (secondary N) is 3. The Morgan fingerprint density at radius 3 is 2.36 bits per heavy atom. The van der Waals surface area contributed by atoms with Crippen LogP contribution in [0.3, 0.4) is 0 Å². The molecule has 0 radical (unpaired) electrons. The predicted octanol–water partition coefficient (Wildman–Crippen LogP) is 5.12. The first-order chi connectivity index (χ1) is 13.1. The summed E-state index contributed by atoms with van der Waals surface area (Å²) in [7, 11) is 0. The Bertz CT molecular complexity index is 867. The molecule has 3 N–H and O–H groups in total. The second-order valence-electron chi connectivity index (χ2n) is 6.14. The fourth-order valence-electron chi connectivity index (χ4n) is 2.37. The van der Waals surface area contributed by atoms with E-state index in [4.69, 9.17) is 47.0 Å². The molecule has 0 saturated carbocycles. The van der Waals surface area contributed by atoms with E-state index in [2.05, 4.69) is 16.0 Å². The molecule has 28 heavy (non-hydrogen) atoms. The van der Waals surface area contributed by atoms with Crippen LogP contribution in [0.4, 0.5) is 5.69 Å². The summed E-state index contributed by atoms with van der Waals surface area (Å²) in [6.45, 7) is 3.96. The molecule has 2 rings (SSSR count). The Balaban J connectivity index is 2.02. The first-order valence-electron chi connectivity index (χ1n) is 8.40. The summed E-state index contributed by atoms with van der Waals surface area (Å²) in [4.78, 5) is 12.2. The van der Waals surface area contributed by atoms with E-state index in [1.165, 1.54) is 6.08 Å². The van der Waals surface area contributed by atoms with Crippen molar-refractivity contribution in [2.24, 2.45) is 0 Å². The van der Waals surface area contributed by atoms with E-state index in [0.717, 1.165) is 22.4 Å². The number of thiocarbonyl (C=S) groups is 1. The maximum atomic E-state index is 12.2.